The SMILES string of the molecule is COc1cc(C)c(S(=O)(=O)N2CCCCC2CCN)cc1OC.Cl. The Bertz CT molecular complexity index is 650. The highest BCUT2D eigenvalue weighted by Gasteiger charge is 2.34. The Labute approximate surface area is 150 Å². The molecule has 1 aliphatic rings. The highest BCUT2D eigenvalue weighted by molar-refractivity contribution is 7.89. The smallest absolute Gasteiger partial charge is 0.243 e. The van der Waals surface area contributed by atoms with Crippen molar-refractivity contribution in [3.8, 4) is 11.5 Å². The van der Waals surface area contributed by atoms with Crippen molar-refractivity contribution < 1.29 is 17.9 Å². The van der Waals surface area contributed by atoms with Crippen LogP contribution in [0, 0.1) is 6.92 Å². The lowest BCUT2D eigenvalue weighted by atomic mass is 10.0. The number of halogens is 1. The van der Waals surface area contributed by atoms with E-state index in [4.69, 9.17) is 15.2 Å². The molecule has 0 radical (unpaired) electrons. The summed E-state index contributed by atoms with van der Waals surface area (Å²) in [5.74, 6) is 0.949. The van der Waals surface area contributed by atoms with E-state index in [0.29, 0.717) is 36.6 Å². The second-order valence-electron chi connectivity index (χ2n) is 5.82. The summed E-state index contributed by atoms with van der Waals surface area (Å²) in [5.41, 5.74) is 6.31. The first-order chi connectivity index (χ1) is 11.0. The van der Waals surface area contributed by atoms with Crippen molar-refractivity contribution in [1.29, 1.82) is 0 Å². The third kappa shape index (κ3) is 4.14. The molecule has 1 fully saturated rings. The van der Waals surface area contributed by atoms with E-state index >= 15 is 0 Å². The van der Waals surface area contributed by atoms with Crippen LogP contribution in [0.5, 0.6) is 11.5 Å². The first-order valence-electron chi connectivity index (χ1n) is 7.90. The van der Waals surface area contributed by atoms with Gasteiger partial charge in [-0.15, -0.1) is 12.4 Å². The molecular weight excluding hydrogens is 352 g/mol. The van der Waals surface area contributed by atoms with E-state index in [1.807, 2.05) is 0 Å². The Morgan fingerprint density at radius 3 is 2.42 bits per heavy atom. The van der Waals surface area contributed by atoms with Crippen molar-refractivity contribution in [3.63, 3.8) is 0 Å². The Morgan fingerprint density at radius 1 is 1.21 bits per heavy atom. The van der Waals surface area contributed by atoms with Crippen LogP contribution < -0.4 is 15.2 Å². The molecule has 8 heteroatoms. The quantitative estimate of drug-likeness (QED) is 0.821. The van der Waals surface area contributed by atoms with Crippen LogP contribution in [0.1, 0.15) is 31.2 Å². The molecule has 1 atom stereocenters. The molecule has 0 aromatic heterocycles. The molecular formula is C16H27ClN2O4S. The van der Waals surface area contributed by atoms with Gasteiger partial charge in [0.15, 0.2) is 11.5 Å². The lowest BCUT2D eigenvalue weighted by Crippen LogP contribution is -2.44. The Morgan fingerprint density at radius 2 is 1.83 bits per heavy atom. The molecule has 6 nitrogen and oxygen atoms in total. The van der Waals surface area contributed by atoms with Gasteiger partial charge >= 0.3 is 0 Å². The minimum Gasteiger partial charge on any atom is -0.493 e. The predicted octanol–water partition coefficient (Wildman–Crippen LogP) is 2.33. The van der Waals surface area contributed by atoms with Crippen LogP contribution in [-0.4, -0.2) is 46.1 Å². The van der Waals surface area contributed by atoms with Gasteiger partial charge in [0.2, 0.25) is 10.0 Å². The number of rotatable bonds is 6. The molecule has 2 N–H and O–H groups in total. The summed E-state index contributed by atoms with van der Waals surface area (Å²) >= 11 is 0. The molecule has 1 aromatic rings. The Hall–Kier alpha value is -1.02. The lowest BCUT2D eigenvalue weighted by Gasteiger charge is -2.35. The molecule has 0 bridgehead atoms. The summed E-state index contributed by atoms with van der Waals surface area (Å²) in [6.07, 6.45) is 3.47. The van der Waals surface area contributed by atoms with Gasteiger partial charge in [0.25, 0.3) is 0 Å². The average molecular weight is 379 g/mol. The topological polar surface area (TPSA) is 81.9 Å². The zero-order valence-corrected chi connectivity index (χ0v) is 16.1. The van der Waals surface area contributed by atoms with E-state index in [2.05, 4.69) is 0 Å². The number of sulfonamides is 1. The first-order valence-corrected chi connectivity index (χ1v) is 9.34. The lowest BCUT2D eigenvalue weighted by molar-refractivity contribution is 0.243. The molecule has 1 unspecified atom stereocenters. The molecule has 0 amide bonds. The number of nitrogens with two attached hydrogens (primary N) is 1. The molecule has 1 saturated heterocycles. The van der Waals surface area contributed by atoms with E-state index in [1.165, 1.54) is 14.2 Å². The fraction of sp³-hybridized carbons (Fsp3) is 0.625. The minimum absolute atomic E-state index is 0. The van der Waals surface area contributed by atoms with Crippen LogP contribution >= 0.6 is 12.4 Å². The van der Waals surface area contributed by atoms with E-state index in [0.717, 1.165) is 19.3 Å². The zero-order valence-electron chi connectivity index (χ0n) is 14.4. The van der Waals surface area contributed by atoms with Crippen LogP contribution in [0.15, 0.2) is 17.0 Å². The largest absolute Gasteiger partial charge is 0.493 e. The normalized spacial score (nSPS) is 18.8. The van der Waals surface area contributed by atoms with Crippen molar-refractivity contribution in [2.45, 2.75) is 43.5 Å². The van der Waals surface area contributed by atoms with Gasteiger partial charge in [-0.1, -0.05) is 6.42 Å². The number of methoxy groups -OCH3 is 2. The van der Waals surface area contributed by atoms with E-state index in [9.17, 15) is 8.42 Å². The van der Waals surface area contributed by atoms with Gasteiger partial charge in [-0.05, 0) is 44.4 Å². The number of benzene rings is 1. The second kappa shape index (κ2) is 8.89. The fourth-order valence-electron chi connectivity index (χ4n) is 3.14. The minimum atomic E-state index is -3.58. The number of piperidine rings is 1. The van der Waals surface area contributed by atoms with Crippen LogP contribution in [0.4, 0.5) is 0 Å². The number of hydrogen-bond donors (Lipinski definition) is 1. The van der Waals surface area contributed by atoms with E-state index in [1.54, 1.807) is 23.4 Å². The van der Waals surface area contributed by atoms with Crippen LogP contribution in [-0.2, 0) is 10.0 Å². The molecule has 2 rings (SSSR count). The van der Waals surface area contributed by atoms with Crippen molar-refractivity contribution >= 4 is 22.4 Å². The van der Waals surface area contributed by atoms with Gasteiger partial charge in [0, 0.05) is 18.7 Å². The molecule has 1 heterocycles. The summed E-state index contributed by atoms with van der Waals surface area (Å²) in [6, 6.07) is 3.23. The van der Waals surface area contributed by atoms with E-state index < -0.39 is 10.0 Å². The van der Waals surface area contributed by atoms with Crippen LogP contribution in [0.2, 0.25) is 0 Å². The number of ether oxygens (including phenoxy) is 2. The fourth-order valence-corrected chi connectivity index (χ4v) is 5.08. The van der Waals surface area contributed by atoms with Crippen molar-refractivity contribution in [3.05, 3.63) is 17.7 Å². The molecule has 138 valence electrons. The van der Waals surface area contributed by atoms with Crippen molar-refractivity contribution in [2.24, 2.45) is 5.73 Å². The highest BCUT2D eigenvalue weighted by Crippen LogP contribution is 2.35. The monoisotopic (exact) mass is 378 g/mol. The maximum Gasteiger partial charge on any atom is 0.243 e. The molecule has 0 spiro atoms. The van der Waals surface area contributed by atoms with Gasteiger partial charge in [-0.2, -0.15) is 4.31 Å². The van der Waals surface area contributed by atoms with Crippen molar-refractivity contribution in [2.75, 3.05) is 27.3 Å². The van der Waals surface area contributed by atoms with Crippen LogP contribution in [0.3, 0.4) is 0 Å². The molecule has 24 heavy (non-hydrogen) atoms. The summed E-state index contributed by atoms with van der Waals surface area (Å²) in [6.45, 7) is 2.80. The third-order valence-corrected chi connectivity index (χ3v) is 6.43. The Balaban J connectivity index is 0.00000288. The summed E-state index contributed by atoms with van der Waals surface area (Å²) < 4.78 is 38.4. The first kappa shape index (κ1) is 21.0. The Kier molecular flexibility index (Phi) is 7.79. The second-order valence-corrected chi connectivity index (χ2v) is 7.67. The maximum absolute atomic E-state index is 13.1. The van der Waals surface area contributed by atoms with Gasteiger partial charge < -0.3 is 15.2 Å². The molecule has 0 saturated carbocycles. The van der Waals surface area contributed by atoms with Gasteiger partial charge in [-0.25, -0.2) is 8.42 Å². The molecule has 1 aliphatic heterocycles. The van der Waals surface area contributed by atoms with Crippen molar-refractivity contribution in [1.82, 2.24) is 4.31 Å². The van der Waals surface area contributed by atoms with Gasteiger partial charge in [0.05, 0.1) is 19.1 Å². The highest BCUT2D eigenvalue weighted by atomic mass is 35.5. The summed E-state index contributed by atoms with van der Waals surface area (Å²) in [7, 11) is -0.543. The summed E-state index contributed by atoms with van der Waals surface area (Å²) in [5, 5.41) is 0. The van der Waals surface area contributed by atoms with Crippen LogP contribution in [0.25, 0.3) is 0 Å². The number of hydrogen-bond acceptors (Lipinski definition) is 5. The number of aryl methyl sites for hydroxylation is 1. The summed E-state index contributed by atoms with van der Waals surface area (Å²) in [4.78, 5) is 0.277. The molecule has 1 aromatic carbocycles. The van der Waals surface area contributed by atoms with Gasteiger partial charge in [0.1, 0.15) is 0 Å². The third-order valence-electron chi connectivity index (χ3n) is 4.34. The van der Waals surface area contributed by atoms with Gasteiger partial charge in [-0.3, -0.25) is 0 Å². The molecule has 0 aliphatic carbocycles. The zero-order chi connectivity index (χ0) is 17.0. The van der Waals surface area contributed by atoms with E-state index in [-0.39, 0.29) is 23.3 Å². The standard InChI is InChI=1S/C16H26N2O4S.ClH/c1-12-10-14(21-2)15(22-3)11-16(12)23(19,20)18-9-5-4-6-13(18)7-8-17;/h10-11,13H,4-9,17H2,1-3H3;1H. The number of nitrogens with zero attached hydrogens (tertiary/aromatic N) is 1. The maximum atomic E-state index is 13.1. The average Bonchev–Trinajstić information content (AvgIpc) is 2.55. The predicted molar refractivity (Wildman–Crippen MR) is 96.7 cm³/mol.